The van der Waals surface area contributed by atoms with E-state index in [0.717, 1.165) is 30.0 Å². The van der Waals surface area contributed by atoms with E-state index in [1.54, 1.807) is 18.2 Å². The number of fused-ring (bicyclic) bond motifs is 2. The van der Waals surface area contributed by atoms with Gasteiger partial charge in [-0.1, -0.05) is 6.92 Å². The summed E-state index contributed by atoms with van der Waals surface area (Å²) in [6.07, 6.45) is 3.41. The van der Waals surface area contributed by atoms with Crippen molar-refractivity contribution >= 4 is 23.4 Å². The van der Waals surface area contributed by atoms with E-state index in [-0.39, 0.29) is 5.91 Å². The number of pyridine rings is 1. The van der Waals surface area contributed by atoms with Crippen molar-refractivity contribution in [2.24, 2.45) is 5.92 Å². The maximum atomic E-state index is 12.3. The van der Waals surface area contributed by atoms with Crippen LogP contribution in [0.1, 0.15) is 36.6 Å². The third-order valence-electron chi connectivity index (χ3n) is 5.11. The lowest BCUT2D eigenvalue weighted by Crippen LogP contribution is -2.16. The predicted molar refractivity (Wildman–Crippen MR) is 112 cm³/mol. The Hall–Kier alpha value is -2.72. The molecule has 7 heteroatoms. The number of carbonyl (C=O) groups excluding carboxylic acids is 1. The number of rotatable bonds is 5. The number of benzene rings is 1. The van der Waals surface area contributed by atoms with E-state index in [2.05, 4.69) is 18.3 Å². The molecule has 1 N–H and O–H groups in total. The van der Waals surface area contributed by atoms with E-state index < -0.39 is 0 Å². The first-order valence-corrected chi connectivity index (χ1v) is 10.9. The fourth-order valence-corrected chi connectivity index (χ4v) is 4.52. The molecule has 1 aromatic heterocycles. The normalized spacial score (nSPS) is 17.2. The summed E-state index contributed by atoms with van der Waals surface area (Å²) in [5, 5.41) is 13.1. The molecule has 1 aromatic carbocycles. The Balaban J connectivity index is 1.34. The van der Waals surface area contributed by atoms with Crippen molar-refractivity contribution in [1.82, 2.24) is 4.98 Å². The van der Waals surface area contributed by atoms with Crippen molar-refractivity contribution in [3.63, 3.8) is 0 Å². The summed E-state index contributed by atoms with van der Waals surface area (Å²) in [4.78, 5) is 17.0. The zero-order valence-corrected chi connectivity index (χ0v) is 17.2. The monoisotopic (exact) mass is 409 g/mol. The first-order chi connectivity index (χ1) is 14.1. The van der Waals surface area contributed by atoms with Crippen molar-refractivity contribution in [3.05, 3.63) is 41.1 Å². The first kappa shape index (κ1) is 19.6. The molecule has 6 nitrogen and oxygen atoms in total. The molecule has 1 atom stereocenters. The molecule has 0 bridgehead atoms. The summed E-state index contributed by atoms with van der Waals surface area (Å²) in [5.41, 5.74) is 3.59. The highest BCUT2D eigenvalue weighted by Crippen LogP contribution is 2.33. The molecule has 4 rings (SSSR count). The van der Waals surface area contributed by atoms with Gasteiger partial charge in [0.2, 0.25) is 5.91 Å². The van der Waals surface area contributed by atoms with E-state index in [0.29, 0.717) is 54.1 Å². The molecule has 0 saturated heterocycles. The van der Waals surface area contributed by atoms with Gasteiger partial charge < -0.3 is 14.8 Å². The number of carbonyl (C=O) groups is 1. The highest BCUT2D eigenvalue weighted by atomic mass is 32.2. The molecule has 1 amide bonds. The molecule has 0 radical (unpaired) electrons. The standard InChI is InChI=1S/C22H23N3O3S/c1-14-2-4-18-15(10-14)11-16(13-23)22(25-18)29-9-6-21(26)24-17-3-5-19-20(12-17)28-8-7-27-19/h3,5,11-12,14H,2,4,6-10H2,1H3,(H,24,26). The first-order valence-electron chi connectivity index (χ1n) is 9.87. The van der Waals surface area contributed by atoms with E-state index >= 15 is 0 Å². The zero-order chi connectivity index (χ0) is 20.2. The second-order valence-corrected chi connectivity index (χ2v) is 8.50. The van der Waals surface area contributed by atoms with Crippen LogP contribution in [0.5, 0.6) is 11.5 Å². The third-order valence-corrected chi connectivity index (χ3v) is 6.11. The fourth-order valence-electron chi connectivity index (χ4n) is 3.60. The molecule has 2 aromatic rings. The van der Waals surface area contributed by atoms with Crippen LogP contribution in [-0.2, 0) is 17.6 Å². The van der Waals surface area contributed by atoms with Crippen molar-refractivity contribution in [2.75, 3.05) is 24.3 Å². The van der Waals surface area contributed by atoms with Crippen LogP contribution < -0.4 is 14.8 Å². The molecular weight excluding hydrogens is 386 g/mol. The van der Waals surface area contributed by atoms with Crippen molar-refractivity contribution < 1.29 is 14.3 Å². The maximum Gasteiger partial charge on any atom is 0.225 e. The number of aromatic nitrogens is 1. The number of nitriles is 1. The molecule has 1 aliphatic heterocycles. The predicted octanol–water partition coefficient (Wildman–Crippen LogP) is 3.97. The van der Waals surface area contributed by atoms with Gasteiger partial charge in [0.1, 0.15) is 24.3 Å². The van der Waals surface area contributed by atoms with Gasteiger partial charge in [-0.3, -0.25) is 4.79 Å². The topological polar surface area (TPSA) is 84.2 Å². The van der Waals surface area contributed by atoms with Crippen LogP contribution in [0.15, 0.2) is 29.3 Å². The molecule has 0 spiro atoms. The van der Waals surface area contributed by atoms with E-state index in [9.17, 15) is 10.1 Å². The fraction of sp³-hybridized carbons (Fsp3) is 0.409. The van der Waals surface area contributed by atoms with Gasteiger partial charge >= 0.3 is 0 Å². The summed E-state index contributed by atoms with van der Waals surface area (Å²) < 4.78 is 11.0. The highest BCUT2D eigenvalue weighted by Gasteiger charge is 2.19. The van der Waals surface area contributed by atoms with Crippen LogP contribution in [0, 0.1) is 17.2 Å². The number of hydrogen-bond donors (Lipinski definition) is 1. The second kappa shape index (κ2) is 8.75. The number of ether oxygens (including phenoxy) is 2. The van der Waals surface area contributed by atoms with Gasteiger partial charge in [0.05, 0.1) is 5.56 Å². The summed E-state index contributed by atoms with van der Waals surface area (Å²) in [7, 11) is 0. The average molecular weight is 410 g/mol. The molecular formula is C22H23N3O3S. The van der Waals surface area contributed by atoms with Crippen LogP contribution >= 0.6 is 11.8 Å². The molecule has 29 heavy (non-hydrogen) atoms. The SMILES string of the molecule is CC1CCc2nc(SCCC(=O)Nc3ccc4c(c3)OCCO4)c(C#N)cc2C1. The summed E-state index contributed by atoms with van der Waals surface area (Å²) in [6.45, 7) is 3.28. The molecule has 1 unspecified atom stereocenters. The quantitative estimate of drug-likeness (QED) is 0.752. The van der Waals surface area contributed by atoms with E-state index in [1.807, 2.05) is 6.07 Å². The zero-order valence-electron chi connectivity index (χ0n) is 16.4. The number of nitrogens with zero attached hydrogens (tertiary/aromatic N) is 2. The Morgan fingerprint density at radius 3 is 2.97 bits per heavy atom. The Bertz CT molecular complexity index is 971. The smallest absolute Gasteiger partial charge is 0.225 e. The molecule has 0 fully saturated rings. The minimum absolute atomic E-state index is 0.0838. The molecule has 0 saturated carbocycles. The maximum absolute atomic E-state index is 12.3. The van der Waals surface area contributed by atoms with Gasteiger partial charge in [-0.15, -0.1) is 11.8 Å². The van der Waals surface area contributed by atoms with Gasteiger partial charge in [-0.05, 0) is 48.9 Å². The van der Waals surface area contributed by atoms with Gasteiger partial charge in [-0.25, -0.2) is 4.98 Å². The van der Waals surface area contributed by atoms with E-state index in [1.165, 1.54) is 17.3 Å². The van der Waals surface area contributed by atoms with Crippen LogP contribution in [0.2, 0.25) is 0 Å². The van der Waals surface area contributed by atoms with Gasteiger partial charge in [0.25, 0.3) is 0 Å². The van der Waals surface area contributed by atoms with Gasteiger partial charge in [-0.2, -0.15) is 5.26 Å². The lowest BCUT2D eigenvalue weighted by Gasteiger charge is -2.21. The summed E-state index contributed by atoms with van der Waals surface area (Å²) in [5.74, 6) is 2.46. The molecule has 1 aliphatic carbocycles. The molecule has 2 heterocycles. The lowest BCUT2D eigenvalue weighted by molar-refractivity contribution is -0.115. The number of nitrogens with one attached hydrogen (secondary N) is 1. The molecule has 2 aliphatic rings. The summed E-state index contributed by atoms with van der Waals surface area (Å²) >= 11 is 1.47. The number of aryl methyl sites for hydroxylation is 1. The van der Waals surface area contributed by atoms with Crippen molar-refractivity contribution in [3.8, 4) is 17.6 Å². The highest BCUT2D eigenvalue weighted by molar-refractivity contribution is 7.99. The minimum Gasteiger partial charge on any atom is -0.486 e. The lowest BCUT2D eigenvalue weighted by atomic mass is 9.87. The Kier molecular flexibility index (Phi) is 5.91. The van der Waals surface area contributed by atoms with Crippen LogP contribution in [0.25, 0.3) is 0 Å². The van der Waals surface area contributed by atoms with Crippen LogP contribution in [-0.4, -0.2) is 29.9 Å². The number of anilines is 1. The van der Waals surface area contributed by atoms with Gasteiger partial charge in [0, 0.05) is 29.6 Å². The number of thioether (sulfide) groups is 1. The largest absolute Gasteiger partial charge is 0.486 e. The third kappa shape index (κ3) is 4.65. The average Bonchev–Trinajstić information content (AvgIpc) is 2.73. The Morgan fingerprint density at radius 2 is 2.14 bits per heavy atom. The summed E-state index contributed by atoms with van der Waals surface area (Å²) in [6, 6.07) is 9.62. The molecule has 150 valence electrons. The number of amides is 1. The minimum atomic E-state index is -0.0838. The van der Waals surface area contributed by atoms with Crippen LogP contribution in [0.4, 0.5) is 5.69 Å². The Labute approximate surface area is 174 Å². The van der Waals surface area contributed by atoms with Gasteiger partial charge in [0.15, 0.2) is 11.5 Å². The second-order valence-electron chi connectivity index (χ2n) is 7.41. The van der Waals surface area contributed by atoms with E-state index in [4.69, 9.17) is 14.5 Å². The van der Waals surface area contributed by atoms with Crippen molar-refractivity contribution in [2.45, 2.75) is 37.6 Å². The Morgan fingerprint density at radius 1 is 1.31 bits per heavy atom. The van der Waals surface area contributed by atoms with Crippen molar-refractivity contribution in [1.29, 1.82) is 5.26 Å². The number of hydrogen-bond acceptors (Lipinski definition) is 6. The van der Waals surface area contributed by atoms with Crippen LogP contribution in [0.3, 0.4) is 0 Å².